The average Bonchev–Trinajstić information content (AvgIpc) is 2.64. The quantitative estimate of drug-likeness (QED) is 0.771. The molecule has 1 rings (SSSR count). The van der Waals surface area contributed by atoms with Crippen LogP contribution in [0.3, 0.4) is 0 Å². The molecular weight excluding hydrogens is 216 g/mol. The van der Waals surface area contributed by atoms with Crippen LogP contribution in [0.1, 0.15) is 52.9 Å². The molecule has 1 aliphatic heterocycles. The summed E-state index contributed by atoms with van der Waals surface area (Å²) in [6.45, 7) is 7.29. The summed E-state index contributed by atoms with van der Waals surface area (Å²) in [5, 5.41) is 0. The maximum atomic E-state index is 12.0. The van der Waals surface area contributed by atoms with Gasteiger partial charge in [0.2, 0.25) is 0 Å². The Balaban J connectivity index is 2.42. The number of amides is 1. The summed E-state index contributed by atoms with van der Waals surface area (Å²) >= 11 is 0. The molecule has 0 bridgehead atoms. The van der Waals surface area contributed by atoms with Gasteiger partial charge >= 0.3 is 6.09 Å². The fraction of sp³-hybridized carbons (Fsp3) is 0.923. The van der Waals surface area contributed by atoms with Crippen molar-refractivity contribution in [2.75, 3.05) is 13.1 Å². The van der Waals surface area contributed by atoms with Crippen LogP contribution in [0.4, 0.5) is 4.79 Å². The molecule has 4 heteroatoms. The Hall–Kier alpha value is -0.770. The number of nitrogens with zero attached hydrogens (tertiary/aromatic N) is 1. The fourth-order valence-corrected chi connectivity index (χ4v) is 2.22. The molecule has 0 aromatic rings. The minimum atomic E-state index is -0.401. The lowest BCUT2D eigenvalue weighted by molar-refractivity contribution is 0.0219. The van der Waals surface area contributed by atoms with Crippen molar-refractivity contribution in [2.24, 2.45) is 5.73 Å². The minimum Gasteiger partial charge on any atom is -0.444 e. The highest BCUT2D eigenvalue weighted by molar-refractivity contribution is 5.68. The molecule has 100 valence electrons. The number of likely N-dealkylation sites (tertiary alicyclic amines) is 1. The lowest BCUT2D eigenvalue weighted by Gasteiger charge is -2.28. The zero-order valence-electron chi connectivity index (χ0n) is 11.4. The number of ether oxygens (including phenoxy) is 1. The molecule has 0 spiro atoms. The van der Waals surface area contributed by atoms with Gasteiger partial charge in [-0.2, -0.15) is 0 Å². The number of hydrogen-bond acceptors (Lipinski definition) is 3. The molecule has 1 unspecified atom stereocenters. The van der Waals surface area contributed by atoms with E-state index in [2.05, 4.69) is 0 Å². The maximum Gasteiger partial charge on any atom is 0.410 e. The zero-order valence-corrected chi connectivity index (χ0v) is 11.4. The number of carbonyl (C=O) groups is 1. The van der Waals surface area contributed by atoms with Crippen LogP contribution in [-0.2, 0) is 4.74 Å². The highest BCUT2D eigenvalue weighted by Gasteiger charge is 2.31. The molecule has 0 saturated carbocycles. The van der Waals surface area contributed by atoms with E-state index in [1.807, 2.05) is 25.7 Å². The largest absolute Gasteiger partial charge is 0.444 e. The Morgan fingerprint density at radius 3 is 2.71 bits per heavy atom. The molecule has 0 aromatic carbocycles. The van der Waals surface area contributed by atoms with E-state index in [0.717, 1.165) is 45.2 Å². The molecule has 0 aliphatic carbocycles. The summed E-state index contributed by atoms with van der Waals surface area (Å²) < 4.78 is 5.42. The molecule has 2 N–H and O–H groups in total. The van der Waals surface area contributed by atoms with Crippen LogP contribution >= 0.6 is 0 Å². The first-order valence-electron chi connectivity index (χ1n) is 6.64. The first-order valence-corrected chi connectivity index (χ1v) is 6.64. The van der Waals surface area contributed by atoms with Gasteiger partial charge in [-0.05, 0) is 53.0 Å². The Bertz CT molecular complexity index is 248. The van der Waals surface area contributed by atoms with Gasteiger partial charge in [0, 0.05) is 12.6 Å². The lowest BCUT2D eigenvalue weighted by Crippen LogP contribution is -2.39. The number of carbonyl (C=O) groups excluding carboxylic acids is 1. The van der Waals surface area contributed by atoms with Gasteiger partial charge in [0.15, 0.2) is 0 Å². The van der Waals surface area contributed by atoms with Crippen LogP contribution in [0, 0.1) is 0 Å². The first-order chi connectivity index (χ1) is 7.94. The molecule has 1 saturated heterocycles. The summed E-state index contributed by atoms with van der Waals surface area (Å²) in [4.78, 5) is 13.9. The average molecular weight is 242 g/mol. The molecule has 1 heterocycles. The van der Waals surface area contributed by atoms with Crippen LogP contribution in [-0.4, -0.2) is 35.7 Å². The van der Waals surface area contributed by atoms with Crippen molar-refractivity contribution in [3.63, 3.8) is 0 Å². The number of rotatable bonds is 4. The number of unbranched alkanes of at least 4 members (excludes halogenated alkanes) is 1. The van der Waals surface area contributed by atoms with Gasteiger partial charge < -0.3 is 15.4 Å². The van der Waals surface area contributed by atoms with Crippen LogP contribution < -0.4 is 5.73 Å². The molecule has 1 amide bonds. The minimum absolute atomic E-state index is 0.159. The standard InChI is InChI=1S/C13H26N2O2/c1-13(2,3)17-12(16)15-10-6-8-11(15)7-4-5-9-14/h11H,4-10,14H2,1-3H3. The maximum absolute atomic E-state index is 12.0. The first kappa shape index (κ1) is 14.3. The second kappa shape index (κ2) is 6.24. The van der Waals surface area contributed by atoms with Gasteiger partial charge in [-0.3, -0.25) is 0 Å². The summed E-state index contributed by atoms with van der Waals surface area (Å²) in [5.74, 6) is 0. The van der Waals surface area contributed by atoms with E-state index in [9.17, 15) is 4.79 Å². The van der Waals surface area contributed by atoms with Crippen LogP contribution in [0.2, 0.25) is 0 Å². The highest BCUT2D eigenvalue weighted by atomic mass is 16.6. The molecule has 4 nitrogen and oxygen atoms in total. The van der Waals surface area contributed by atoms with E-state index < -0.39 is 5.60 Å². The molecular formula is C13H26N2O2. The molecule has 1 fully saturated rings. The van der Waals surface area contributed by atoms with Gasteiger partial charge in [-0.1, -0.05) is 6.42 Å². The summed E-state index contributed by atoms with van der Waals surface area (Å²) in [6, 6.07) is 0.358. The van der Waals surface area contributed by atoms with Crippen LogP contribution in [0.5, 0.6) is 0 Å². The van der Waals surface area contributed by atoms with Crippen molar-refractivity contribution >= 4 is 6.09 Å². The van der Waals surface area contributed by atoms with Gasteiger partial charge in [0.05, 0.1) is 0 Å². The highest BCUT2D eigenvalue weighted by Crippen LogP contribution is 2.24. The third kappa shape index (κ3) is 4.94. The Morgan fingerprint density at radius 2 is 2.12 bits per heavy atom. The molecule has 17 heavy (non-hydrogen) atoms. The lowest BCUT2D eigenvalue weighted by atomic mass is 10.1. The van der Waals surface area contributed by atoms with E-state index in [1.54, 1.807) is 0 Å². The van der Waals surface area contributed by atoms with Gasteiger partial charge in [-0.25, -0.2) is 4.79 Å². The van der Waals surface area contributed by atoms with Crippen LogP contribution in [0.15, 0.2) is 0 Å². The normalized spacial score (nSPS) is 20.7. The third-order valence-electron chi connectivity index (χ3n) is 3.00. The van der Waals surface area contributed by atoms with E-state index in [0.29, 0.717) is 6.04 Å². The number of hydrogen-bond donors (Lipinski definition) is 1. The monoisotopic (exact) mass is 242 g/mol. The van der Waals surface area contributed by atoms with E-state index in [4.69, 9.17) is 10.5 Å². The van der Waals surface area contributed by atoms with Crippen molar-refractivity contribution in [3.8, 4) is 0 Å². The molecule has 0 aromatic heterocycles. The molecule has 1 aliphatic rings. The van der Waals surface area contributed by atoms with Crippen molar-refractivity contribution in [3.05, 3.63) is 0 Å². The van der Waals surface area contributed by atoms with Crippen molar-refractivity contribution in [1.29, 1.82) is 0 Å². The van der Waals surface area contributed by atoms with Crippen molar-refractivity contribution in [1.82, 2.24) is 4.90 Å². The topological polar surface area (TPSA) is 55.6 Å². The zero-order chi connectivity index (χ0) is 12.9. The van der Waals surface area contributed by atoms with Crippen LogP contribution in [0.25, 0.3) is 0 Å². The van der Waals surface area contributed by atoms with Gasteiger partial charge in [0.1, 0.15) is 5.60 Å². The van der Waals surface area contributed by atoms with Crippen molar-refractivity contribution < 1.29 is 9.53 Å². The Kier molecular flexibility index (Phi) is 5.25. The predicted octanol–water partition coefficient (Wildman–Crippen LogP) is 2.51. The van der Waals surface area contributed by atoms with Gasteiger partial charge in [-0.15, -0.1) is 0 Å². The van der Waals surface area contributed by atoms with Gasteiger partial charge in [0.25, 0.3) is 0 Å². The number of nitrogens with two attached hydrogens (primary N) is 1. The second-order valence-electron chi connectivity index (χ2n) is 5.75. The van der Waals surface area contributed by atoms with Crippen molar-refractivity contribution in [2.45, 2.75) is 64.5 Å². The SMILES string of the molecule is CC(C)(C)OC(=O)N1CCCC1CCCCN. The summed E-state index contributed by atoms with van der Waals surface area (Å²) in [7, 11) is 0. The fourth-order valence-electron chi connectivity index (χ4n) is 2.22. The second-order valence-corrected chi connectivity index (χ2v) is 5.75. The molecule has 0 radical (unpaired) electrons. The smallest absolute Gasteiger partial charge is 0.410 e. The van der Waals surface area contributed by atoms with E-state index in [-0.39, 0.29) is 6.09 Å². The summed E-state index contributed by atoms with van der Waals surface area (Å²) in [5.41, 5.74) is 5.08. The van der Waals surface area contributed by atoms with E-state index >= 15 is 0 Å². The van der Waals surface area contributed by atoms with E-state index in [1.165, 1.54) is 0 Å². The third-order valence-corrected chi connectivity index (χ3v) is 3.00. The summed E-state index contributed by atoms with van der Waals surface area (Å²) in [6.07, 6.45) is 5.22. The molecule has 1 atom stereocenters. The predicted molar refractivity (Wildman–Crippen MR) is 68.9 cm³/mol. The Labute approximate surface area is 104 Å². The Morgan fingerprint density at radius 1 is 1.41 bits per heavy atom.